The summed E-state index contributed by atoms with van der Waals surface area (Å²) >= 11 is 3.01. The third kappa shape index (κ3) is 2.24. The molecule has 1 aromatic rings. The van der Waals surface area contributed by atoms with E-state index in [1.54, 1.807) is 28.8 Å². The summed E-state index contributed by atoms with van der Waals surface area (Å²) in [5, 5.41) is 9.20. The Kier molecular flexibility index (Phi) is 4.39. The Morgan fingerprint density at radius 2 is 2.10 bits per heavy atom. The number of hydrogen-bond donors (Lipinski definition) is 0. The van der Waals surface area contributed by atoms with Crippen LogP contribution in [0.2, 0.25) is 0 Å². The minimum absolute atomic E-state index is 0. The number of halogens is 2. The maximum absolute atomic E-state index is 13.0. The molecule has 4 atom stereocenters. The zero-order chi connectivity index (χ0) is 13.6. The van der Waals surface area contributed by atoms with E-state index in [2.05, 4.69) is 6.07 Å². The molecule has 20 heavy (non-hydrogen) atoms. The number of benzene rings is 1. The van der Waals surface area contributed by atoms with Gasteiger partial charge in [0.2, 0.25) is 0 Å². The van der Waals surface area contributed by atoms with Crippen LogP contribution in [-0.4, -0.2) is 44.8 Å². The van der Waals surface area contributed by atoms with Gasteiger partial charge in [0.1, 0.15) is 0 Å². The Labute approximate surface area is 135 Å². The van der Waals surface area contributed by atoms with Crippen LogP contribution in [0.5, 0.6) is 0 Å². The van der Waals surface area contributed by atoms with Crippen molar-refractivity contribution in [2.45, 2.75) is 22.0 Å². The molecule has 2 heterocycles. The molecule has 1 aromatic carbocycles. The molecule has 1 amide bonds. The molecule has 0 aromatic heterocycles. The van der Waals surface area contributed by atoms with Crippen molar-refractivity contribution in [3.05, 3.63) is 35.6 Å². The van der Waals surface area contributed by atoms with E-state index < -0.39 is 4.20 Å². The number of nitrogens with zero attached hydrogens (tertiary/aromatic N) is 2. The number of thioether (sulfide) groups is 1. The van der Waals surface area contributed by atoms with Crippen molar-refractivity contribution in [3.8, 4) is 6.07 Å². The van der Waals surface area contributed by atoms with Gasteiger partial charge < -0.3 is 0 Å². The third-order valence-corrected chi connectivity index (χ3v) is 6.71. The zero-order valence-electron chi connectivity index (χ0n) is 10.5. The first-order chi connectivity index (χ1) is 9.06. The van der Waals surface area contributed by atoms with Crippen molar-refractivity contribution in [1.82, 2.24) is 4.90 Å². The molecule has 3 nitrogen and oxygen atoms in total. The van der Waals surface area contributed by atoms with Crippen molar-refractivity contribution in [3.63, 3.8) is 0 Å². The first-order valence-corrected chi connectivity index (χ1v) is 8.21. The van der Waals surface area contributed by atoms with Crippen LogP contribution in [0, 0.1) is 17.1 Å². The number of amides is 1. The fraction of sp³-hybridized carbons (Fsp3) is 0.385. The number of hydrogen-bond acceptors (Lipinski definition) is 3. The summed E-state index contributed by atoms with van der Waals surface area (Å²) in [5.41, 5.74) is 0.852. The fourth-order valence-corrected chi connectivity index (χ4v) is 5.64. The van der Waals surface area contributed by atoms with Gasteiger partial charge in [-0.3, -0.25) is 0 Å². The van der Waals surface area contributed by atoms with Crippen LogP contribution in [0.1, 0.15) is 12.0 Å². The van der Waals surface area contributed by atoms with Gasteiger partial charge in [0, 0.05) is 0 Å². The Morgan fingerprint density at radius 3 is 2.70 bits per heavy atom. The van der Waals surface area contributed by atoms with Gasteiger partial charge in [-0.2, -0.15) is 0 Å². The van der Waals surface area contributed by atoms with Gasteiger partial charge in [-0.05, 0) is 0 Å². The molecule has 0 N–H and O–H groups in total. The van der Waals surface area contributed by atoms with E-state index in [0.29, 0.717) is 12.2 Å². The monoisotopic (exact) mass is 374 g/mol. The summed E-state index contributed by atoms with van der Waals surface area (Å²) < 4.78 is 12.4. The second-order valence-electron chi connectivity index (χ2n) is 4.83. The summed E-state index contributed by atoms with van der Waals surface area (Å²) in [6.07, 6.45) is 0.709. The van der Waals surface area contributed by atoms with Crippen molar-refractivity contribution in [2.24, 2.45) is 0 Å². The van der Waals surface area contributed by atoms with Crippen LogP contribution in [-0.2, 0) is 9.00 Å². The number of fused-ring (bicyclic) bond motifs is 1. The van der Waals surface area contributed by atoms with Crippen LogP contribution in [0.3, 0.4) is 0 Å². The Bertz CT molecular complexity index is 579. The van der Waals surface area contributed by atoms with Crippen molar-refractivity contribution in [2.75, 3.05) is 5.75 Å². The average molecular weight is 375 g/mol. The van der Waals surface area contributed by atoms with Crippen LogP contribution in [0.25, 0.3) is 0 Å². The van der Waals surface area contributed by atoms with E-state index in [9.17, 15) is 9.18 Å². The first kappa shape index (κ1) is 15.7. The molecule has 4 unspecified atom stereocenters. The van der Waals surface area contributed by atoms with E-state index in [-0.39, 0.29) is 35.5 Å². The Morgan fingerprint density at radius 1 is 1.45 bits per heavy atom. The number of carbonyl (C=O) groups is 1. The second-order valence-corrected chi connectivity index (χ2v) is 8.11. The molecule has 106 valence electrons. The van der Waals surface area contributed by atoms with E-state index >= 15 is 0 Å². The number of carbonyl (C=O) groups excluding carboxylic acids is 1. The van der Waals surface area contributed by atoms with Crippen LogP contribution in [0.4, 0.5) is 4.39 Å². The van der Waals surface area contributed by atoms with Gasteiger partial charge in [-0.15, -0.1) is 12.4 Å². The first-order valence-electron chi connectivity index (χ1n) is 5.95. The summed E-state index contributed by atoms with van der Waals surface area (Å²) in [4.78, 5) is 14.4. The van der Waals surface area contributed by atoms with Crippen molar-refractivity contribution < 1.29 is 9.18 Å². The fourth-order valence-electron chi connectivity index (χ4n) is 2.67. The van der Waals surface area contributed by atoms with E-state index in [4.69, 9.17) is 5.26 Å². The molecule has 2 saturated heterocycles. The van der Waals surface area contributed by atoms with E-state index in [1.807, 2.05) is 0 Å². The molecule has 2 aliphatic rings. The summed E-state index contributed by atoms with van der Waals surface area (Å²) in [7, 11) is 0. The summed E-state index contributed by atoms with van der Waals surface area (Å²) in [6, 6.07) is 8.03. The SMILES string of the molecule is Cl.N#CC1CSC2CC([AsH2])(c3ccc(F)cc3)C(=O)N12. The normalized spacial score (nSPS) is 31.6. The van der Waals surface area contributed by atoms with E-state index in [1.165, 1.54) is 29.0 Å². The third-order valence-electron chi connectivity index (χ3n) is 3.71. The molecular weight excluding hydrogens is 362 g/mol. The molecule has 3 rings (SSSR count). The number of rotatable bonds is 1. The molecule has 0 bridgehead atoms. The topological polar surface area (TPSA) is 44.1 Å². The van der Waals surface area contributed by atoms with Crippen molar-refractivity contribution in [1.29, 1.82) is 5.26 Å². The van der Waals surface area contributed by atoms with Gasteiger partial charge in [0.05, 0.1) is 0 Å². The molecule has 0 saturated carbocycles. The molecule has 0 aliphatic carbocycles. The predicted molar refractivity (Wildman–Crippen MR) is 81.0 cm³/mol. The summed E-state index contributed by atoms with van der Waals surface area (Å²) in [5.74, 6) is 0.412. The quantitative estimate of drug-likeness (QED) is 0.696. The standard InChI is InChI=1S/C13H12AsFN2OS.ClH/c14-13(8-1-3-9(15)4-2-8)5-11-17(12(13)18)10(6-16)7-19-11;/h1-4,10-11H,5,7,14H2;1H. The minimum atomic E-state index is -0.576. The van der Waals surface area contributed by atoms with Gasteiger partial charge in [0.15, 0.2) is 0 Å². The predicted octanol–water partition coefficient (Wildman–Crippen LogP) is 1.27. The Balaban J connectivity index is 0.00000147. The van der Waals surface area contributed by atoms with E-state index in [0.717, 1.165) is 5.56 Å². The molecule has 2 fully saturated rings. The molecular formula is C13H13AsClFN2OS. The van der Waals surface area contributed by atoms with Gasteiger partial charge in [-0.1, -0.05) is 0 Å². The zero-order valence-corrected chi connectivity index (χ0v) is 14.5. The second kappa shape index (κ2) is 5.60. The molecule has 2 aliphatic heterocycles. The van der Waals surface area contributed by atoms with Gasteiger partial charge in [-0.25, -0.2) is 0 Å². The van der Waals surface area contributed by atoms with Crippen LogP contribution >= 0.6 is 24.2 Å². The summed E-state index contributed by atoms with van der Waals surface area (Å²) in [6.45, 7) is 0. The van der Waals surface area contributed by atoms with Crippen LogP contribution in [0.15, 0.2) is 24.3 Å². The molecule has 0 spiro atoms. The Hall–Kier alpha value is -0.692. The molecule has 7 heteroatoms. The van der Waals surface area contributed by atoms with Crippen LogP contribution < -0.4 is 0 Å². The number of nitriles is 1. The maximum atomic E-state index is 13.0. The van der Waals surface area contributed by atoms with Gasteiger partial charge in [0.25, 0.3) is 0 Å². The average Bonchev–Trinajstić information content (AvgIpc) is 2.90. The van der Waals surface area contributed by atoms with Gasteiger partial charge >= 0.3 is 123 Å². The van der Waals surface area contributed by atoms with Crippen molar-refractivity contribution >= 4 is 46.9 Å². The molecule has 0 radical (unpaired) electrons.